The Morgan fingerprint density at radius 2 is 1.94 bits per heavy atom. The summed E-state index contributed by atoms with van der Waals surface area (Å²) < 4.78 is 12.9. The normalized spacial score (nSPS) is 11.7. The van der Waals surface area contributed by atoms with Gasteiger partial charge in [0.15, 0.2) is 0 Å². The lowest BCUT2D eigenvalue weighted by Gasteiger charge is -2.19. The Kier molecular flexibility index (Phi) is 7.22. The summed E-state index contributed by atoms with van der Waals surface area (Å²) in [4.78, 5) is 20.8. The first-order valence-electron chi connectivity index (χ1n) is 10.9. The second-order valence-electron chi connectivity index (χ2n) is 8.84. The molecule has 0 N–H and O–H groups in total. The first kappa shape index (κ1) is 24.2. The van der Waals surface area contributed by atoms with E-state index in [2.05, 4.69) is 4.98 Å². The molecule has 0 aliphatic carbocycles. The van der Waals surface area contributed by atoms with Gasteiger partial charge in [-0.05, 0) is 50.6 Å². The Morgan fingerprint density at radius 1 is 1.12 bits per heavy atom. The van der Waals surface area contributed by atoms with Crippen molar-refractivity contribution in [3.8, 4) is 16.9 Å². The number of esters is 1. The van der Waals surface area contributed by atoms with E-state index in [-0.39, 0.29) is 19.0 Å². The summed E-state index contributed by atoms with van der Waals surface area (Å²) in [5.74, 6) is -0.274. The lowest BCUT2D eigenvalue weighted by Crippen LogP contribution is -2.24. The van der Waals surface area contributed by atoms with Gasteiger partial charge in [0.05, 0.1) is 52.9 Å². The number of nitrogens with zero attached hydrogens (tertiary/aromatic N) is 3. The number of rotatable bonds is 7. The highest BCUT2D eigenvalue weighted by molar-refractivity contribution is 6.45. The molecule has 0 aliphatic rings. The van der Waals surface area contributed by atoms with Crippen LogP contribution in [0.5, 0.6) is 0 Å². The molecule has 0 bridgehead atoms. The Labute approximate surface area is 208 Å². The zero-order chi connectivity index (χ0) is 24.3. The van der Waals surface area contributed by atoms with E-state index >= 15 is 0 Å². The van der Waals surface area contributed by atoms with E-state index in [1.54, 1.807) is 18.6 Å². The van der Waals surface area contributed by atoms with E-state index in [1.165, 1.54) is 0 Å². The number of halogens is 2. The molecule has 6 nitrogen and oxygen atoms in total. The summed E-state index contributed by atoms with van der Waals surface area (Å²) >= 11 is 12.8. The van der Waals surface area contributed by atoms with Crippen molar-refractivity contribution in [1.82, 2.24) is 14.5 Å². The van der Waals surface area contributed by atoms with Crippen molar-refractivity contribution >= 4 is 40.1 Å². The van der Waals surface area contributed by atoms with Crippen LogP contribution in [0.2, 0.25) is 10.0 Å². The van der Waals surface area contributed by atoms with Gasteiger partial charge in [-0.3, -0.25) is 4.79 Å². The van der Waals surface area contributed by atoms with Crippen LogP contribution in [-0.4, -0.2) is 32.7 Å². The van der Waals surface area contributed by atoms with E-state index in [0.717, 1.165) is 27.9 Å². The first-order valence-corrected chi connectivity index (χ1v) is 11.6. The maximum Gasteiger partial charge on any atom is 0.308 e. The van der Waals surface area contributed by atoms with Crippen LogP contribution in [0.25, 0.3) is 27.8 Å². The standard InChI is InChI=1S/C26H25Cl2N3O3/c1-26(2,3)34-23(32)9-12-33-15-17-5-4-6-18(13-17)21-14-22(31-11-10-29-16-31)19-7-8-20(27)24(28)25(19)30-21/h4-8,10-11,13-14,16H,9,12,15H2,1-3H3. The Bertz CT molecular complexity index is 1320. The predicted octanol–water partition coefficient (Wildman–Crippen LogP) is 6.64. The Morgan fingerprint density at radius 3 is 2.68 bits per heavy atom. The molecule has 0 radical (unpaired) electrons. The van der Waals surface area contributed by atoms with Gasteiger partial charge in [-0.1, -0.05) is 41.4 Å². The van der Waals surface area contributed by atoms with Gasteiger partial charge in [0.1, 0.15) is 5.60 Å². The summed E-state index contributed by atoms with van der Waals surface area (Å²) in [5.41, 5.74) is 3.64. The van der Waals surface area contributed by atoms with E-state index in [0.29, 0.717) is 22.2 Å². The molecule has 4 aromatic rings. The van der Waals surface area contributed by atoms with Gasteiger partial charge < -0.3 is 14.0 Å². The molecular formula is C26H25Cl2N3O3. The highest BCUT2D eigenvalue weighted by Crippen LogP contribution is 2.35. The van der Waals surface area contributed by atoms with Crippen LogP contribution in [0.4, 0.5) is 0 Å². The number of pyridine rings is 1. The molecule has 2 aromatic heterocycles. The Balaban J connectivity index is 1.57. The SMILES string of the molecule is CC(C)(C)OC(=O)CCOCc1cccc(-c2cc(-n3ccnc3)c3ccc(Cl)c(Cl)c3n2)c1. The molecule has 2 aromatic carbocycles. The molecule has 8 heteroatoms. The summed E-state index contributed by atoms with van der Waals surface area (Å²) in [7, 11) is 0. The van der Waals surface area contributed by atoms with Crippen molar-refractivity contribution in [2.45, 2.75) is 39.4 Å². The monoisotopic (exact) mass is 497 g/mol. The van der Waals surface area contributed by atoms with E-state index < -0.39 is 5.60 Å². The fourth-order valence-electron chi connectivity index (χ4n) is 3.54. The van der Waals surface area contributed by atoms with Gasteiger partial charge in [0, 0.05) is 23.3 Å². The zero-order valence-electron chi connectivity index (χ0n) is 19.2. The topological polar surface area (TPSA) is 66.2 Å². The second kappa shape index (κ2) is 10.1. The number of hydrogen-bond donors (Lipinski definition) is 0. The highest BCUT2D eigenvalue weighted by atomic mass is 35.5. The zero-order valence-corrected chi connectivity index (χ0v) is 20.7. The highest BCUT2D eigenvalue weighted by Gasteiger charge is 2.16. The summed E-state index contributed by atoms with van der Waals surface area (Å²) in [6.07, 6.45) is 5.53. The van der Waals surface area contributed by atoms with E-state index in [9.17, 15) is 4.79 Å². The molecule has 0 unspecified atom stereocenters. The second-order valence-corrected chi connectivity index (χ2v) is 9.63. The van der Waals surface area contributed by atoms with Crippen LogP contribution in [0.1, 0.15) is 32.8 Å². The minimum absolute atomic E-state index is 0.205. The van der Waals surface area contributed by atoms with Crippen LogP contribution in [0, 0.1) is 0 Å². The average molecular weight is 498 g/mol. The van der Waals surface area contributed by atoms with Gasteiger partial charge in [-0.2, -0.15) is 0 Å². The van der Waals surface area contributed by atoms with Crippen molar-refractivity contribution in [3.05, 3.63) is 76.8 Å². The molecule has 0 spiro atoms. The van der Waals surface area contributed by atoms with E-state index in [4.69, 9.17) is 37.7 Å². The molecule has 0 aliphatic heterocycles. The first-order chi connectivity index (χ1) is 16.2. The maximum absolute atomic E-state index is 11.9. The molecular weight excluding hydrogens is 473 g/mol. The number of carbonyl (C=O) groups excluding carboxylic acids is 1. The molecule has 0 saturated heterocycles. The number of imidazole rings is 1. The van der Waals surface area contributed by atoms with Gasteiger partial charge in [0.25, 0.3) is 0 Å². The molecule has 0 atom stereocenters. The number of hydrogen-bond acceptors (Lipinski definition) is 5. The van der Waals surface area contributed by atoms with Gasteiger partial charge >= 0.3 is 5.97 Å². The van der Waals surface area contributed by atoms with Crippen LogP contribution in [0.15, 0.2) is 61.2 Å². The van der Waals surface area contributed by atoms with Crippen molar-refractivity contribution in [2.75, 3.05) is 6.61 Å². The van der Waals surface area contributed by atoms with Crippen molar-refractivity contribution in [1.29, 1.82) is 0 Å². The van der Waals surface area contributed by atoms with Crippen LogP contribution >= 0.6 is 23.2 Å². The minimum Gasteiger partial charge on any atom is -0.460 e. The molecule has 0 saturated carbocycles. The molecule has 4 rings (SSSR count). The van der Waals surface area contributed by atoms with Crippen LogP contribution in [-0.2, 0) is 20.9 Å². The molecule has 2 heterocycles. The third-order valence-corrected chi connectivity index (χ3v) is 5.79. The van der Waals surface area contributed by atoms with Crippen LogP contribution in [0.3, 0.4) is 0 Å². The smallest absolute Gasteiger partial charge is 0.308 e. The number of ether oxygens (including phenoxy) is 2. The summed E-state index contributed by atoms with van der Waals surface area (Å²) in [5, 5.41) is 1.73. The summed E-state index contributed by atoms with van der Waals surface area (Å²) in [6.45, 7) is 6.18. The predicted molar refractivity (Wildman–Crippen MR) is 134 cm³/mol. The third kappa shape index (κ3) is 5.76. The van der Waals surface area contributed by atoms with E-state index in [1.807, 2.05) is 67.9 Å². The molecule has 34 heavy (non-hydrogen) atoms. The van der Waals surface area contributed by atoms with Crippen LogP contribution < -0.4 is 0 Å². The fraction of sp³-hybridized carbons (Fsp3) is 0.269. The lowest BCUT2D eigenvalue weighted by molar-refractivity contribution is -0.156. The number of carbonyl (C=O) groups is 1. The molecule has 176 valence electrons. The van der Waals surface area contributed by atoms with Gasteiger partial charge in [-0.25, -0.2) is 9.97 Å². The maximum atomic E-state index is 11.9. The minimum atomic E-state index is -0.499. The Hall–Kier alpha value is -2.93. The fourth-order valence-corrected chi connectivity index (χ4v) is 3.90. The third-order valence-electron chi connectivity index (χ3n) is 5.00. The van der Waals surface area contributed by atoms with Crippen molar-refractivity contribution < 1.29 is 14.3 Å². The largest absolute Gasteiger partial charge is 0.460 e. The molecule has 0 amide bonds. The quantitative estimate of drug-likeness (QED) is 0.211. The van der Waals surface area contributed by atoms with Gasteiger partial charge in [0.2, 0.25) is 0 Å². The number of benzene rings is 2. The number of aromatic nitrogens is 3. The summed E-state index contributed by atoms with van der Waals surface area (Å²) in [6, 6.07) is 13.6. The van der Waals surface area contributed by atoms with Crippen molar-refractivity contribution in [3.63, 3.8) is 0 Å². The molecule has 0 fully saturated rings. The van der Waals surface area contributed by atoms with Crippen molar-refractivity contribution in [2.24, 2.45) is 0 Å². The average Bonchev–Trinajstić information content (AvgIpc) is 3.32. The lowest BCUT2D eigenvalue weighted by atomic mass is 10.1. The number of fused-ring (bicyclic) bond motifs is 1. The van der Waals surface area contributed by atoms with Gasteiger partial charge in [-0.15, -0.1) is 0 Å².